The maximum atomic E-state index is 13.5. The Bertz CT molecular complexity index is 504. The molecular formula is C11H8F9N. The van der Waals surface area contributed by atoms with Crippen molar-refractivity contribution in [2.45, 2.75) is 31.2 Å². The molecule has 0 aliphatic rings. The third-order valence-electron chi connectivity index (χ3n) is 2.57. The molecule has 1 rings (SSSR count). The van der Waals surface area contributed by atoms with Gasteiger partial charge in [0.05, 0.1) is 11.1 Å². The van der Waals surface area contributed by atoms with Gasteiger partial charge in [-0.1, -0.05) is 0 Å². The van der Waals surface area contributed by atoms with E-state index in [-0.39, 0.29) is 12.1 Å². The first kappa shape index (κ1) is 17.6. The topological polar surface area (TPSA) is 26.0 Å². The monoisotopic (exact) mass is 325 g/mol. The summed E-state index contributed by atoms with van der Waals surface area (Å²) in [5.41, 5.74) is -0.240. The highest BCUT2D eigenvalue weighted by molar-refractivity contribution is 5.38. The van der Waals surface area contributed by atoms with Crippen LogP contribution in [0.2, 0.25) is 0 Å². The minimum absolute atomic E-state index is 0.199. The molecule has 1 atom stereocenters. The number of nitrogens with two attached hydrogens (primary N) is 1. The van der Waals surface area contributed by atoms with Gasteiger partial charge in [-0.2, -0.15) is 26.3 Å². The fourth-order valence-electron chi connectivity index (χ4n) is 1.70. The Balaban J connectivity index is 3.50. The van der Waals surface area contributed by atoms with Crippen LogP contribution >= 0.6 is 0 Å². The van der Waals surface area contributed by atoms with Gasteiger partial charge in [-0.25, -0.2) is 13.2 Å². The number of hydrogen-bond donors (Lipinski definition) is 1. The summed E-state index contributed by atoms with van der Waals surface area (Å²) in [5, 5.41) is 0. The second kappa shape index (κ2) is 5.74. The first-order valence-corrected chi connectivity index (χ1v) is 5.35. The van der Waals surface area contributed by atoms with Crippen molar-refractivity contribution >= 4 is 0 Å². The van der Waals surface area contributed by atoms with Gasteiger partial charge in [0.25, 0.3) is 0 Å². The Labute approximate surface area is 112 Å². The lowest BCUT2D eigenvalue weighted by Gasteiger charge is -2.20. The number of benzene rings is 1. The SMILES string of the molecule is N[C@H](CC(F)F)c1c(F)cc(C(F)(F)F)cc1C(F)(F)F. The average Bonchev–Trinajstić information content (AvgIpc) is 2.23. The molecule has 1 aromatic carbocycles. The highest BCUT2D eigenvalue weighted by atomic mass is 19.4. The predicted octanol–water partition coefficient (Wildman–Crippen LogP) is 4.52. The van der Waals surface area contributed by atoms with Gasteiger partial charge in [-0.05, 0) is 12.1 Å². The minimum Gasteiger partial charge on any atom is -0.324 e. The van der Waals surface area contributed by atoms with E-state index in [1.54, 1.807) is 0 Å². The molecule has 0 spiro atoms. The van der Waals surface area contributed by atoms with Gasteiger partial charge in [0, 0.05) is 18.0 Å². The van der Waals surface area contributed by atoms with Crippen molar-refractivity contribution in [1.29, 1.82) is 0 Å². The molecule has 2 N–H and O–H groups in total. The van der Waals surface area contributed by atoms with E-state index in [2.05, 4.69) is 0 Å². The molecule has 1 aromatic rings. The molecule has 0 radical (unpaired) electrons. The van der Waals surface area contributed by atoms with E-state index < -0.39 is 53.7 Å². The van der Waals surface area contributed by atoms with Crippen LogP contribution in [0.5, 0.6) is 0 Å². The van der Waals surface area contributed by atoms with Crippen LogP contribution in [0.4, 0.5) is 39.5 Å². The van der Waals surface area contributed by atoms with Gasteiger partial charge in [0.2, 0.25) is 6.43 Å². The Morgan fingerprint density at radius 1 is 0.952 bits per heavy atom. The summed E-state index contributed by atoms with van der Waals surface area (Å²) < 4.78 is 113. The van der Waals surface area contributed by atoms with Gasteiger partial charge in [0.15, 0.2) is 0 Å². The van der Waals surface area contributed by atoms with Crippen LogP contribution < -0.4 is 5.73 Å². The Morgan fingerprint density at radius 3 is 1.86 bits per heavy atom. The fraction of sp³-hybridized carbons (Fsp3) is 0.455. The van der Waals surface area contributed by atoms with Crippen molar-refractivity contribution < 1.29 is 39.5 Å². The van der Waals surface area contributed by atoms with Gasteiger partial charge in [-0.15, -0.1) is 0 Å². The molecule has 0 heterocycles. The lowest BCUT2D eigenvalue weighted by atomic mass is 9.95. The molecule has 0 unspecified atom stereocenters. The predicted molar refractivity (Wildman–Crippen MR) is 54.0 cm³/mol. The maximum absolute atomic E-state index is 13.5. The summed E-state index contributed by atoms with van der Waals surface area (Å²) in [6.45, 7) is 0. The minimum atomic E-state index is -5.36. The summed E-state index contributed by atoms with van der Waals surface area (Å²) in [5.74, 6) is -1.93. The van der Waals surface area contributed by atoms with E-state index in [9.17, 15) is 39.5 Å². The normalized spacial score (nSPS) is 14.6. The van der Waals surface area contributed by atoms with Crippen molar-refractivity contribution in [1.82, 2.24) is 0 Å². The molecule has 0 fully saturated rings. The van der Waals surface area contributed by atoms with Crippen molar-refractivity contribution in [3.8, 4) is 0 Å². The zero-order valence-electron chi connectivity index (χ0n) is 10.00. The van der Waals surface area contributed by atoms with Crippen LogP contribution in [0.15, 0.2) is 12.1 Å². The van der Waals surface area contributed by atoms with Crippen LogP contribution in [0.3, 0.4) is 0 Å². The molecule has 0 amide bonds. The molecule has 0 aromatic heterocycles. The van der Waals surface area contributed by atoms with Crippen LogP contribution in [-0.2, 0) is 12.4 Å². The lowest BCUT2D eigenvalue weighted by molar-refractivity contribution is -0.144. The average molecular weight is 325 g/mol. The molecule has 21 heavy (non-hydrogen) atoms. The molecule has 0 saturated heterocycles. The Kier molecular flexibility index (Phi) is 4.81. The lowest BCUT2D eigenvalue weighted by Crippen LogP contribution is -2.22. The molecular weight excluding hydrogens is 317 g/mol. The Hall–Kier alpha value is -1.45. The van der Waals surface area contributed by atoms with E-state index in [1.807, 2.05) is 0 Å². The van der Waals surface area contributed by atoms with E-state index in [1.165, 1.54) is 0 Å². The Morgan fingerprint density at radius 2 is 1.48 bits per heavy atom. The van der Waals surface area contributed by atoms with E-state index >= 15 is 0 Å². The quantitative estimate of drug-likeness (QED) is 0.813. The standard InChI is InChI=1S/C11H8F9N/c12-6-2-4(10(15,16)17)1-5(11(18,19)20)9(6)7(21)3-8(13)14/h1-2,7-8H,3,21H2/t7-/m1/s1. The van der Waals surface area contributed by atoms with Crippen LogP contribution in [-0.4, -0.2) is 6.43 Å². The summed E-state index contributed by atoms with van der Waals surface area (Å²) in [6.07, 6.45) is -15.0. The smallest absolute Gasteiger partial charge is 0.324 e. The van der Waals surface area contributed by atoms with E-state index in [4.69, 9.17) is 5.73 Å². The molecule has 120 valence electrons. The van der Waals surface area contributed by atoms with Crippen LogP contribution in [0, 0.1) is 5.82 Å². The van der Waals surface area contributed by atoms with Crippen LogP contribution in [0.1, 0.15) is 29.2 Å². The highest BCUT2D eigenvalue weighted by Gasteiger charge is 2.41. The molecule has 0 saturated carbocycles. The van der Waals surface area contributed by atoms with Crippen molar-refractivity contribution in [3.05, 3.63) is 34.6 Å². The number of rotatable bonds is 3. The van der Waals surface area contributed by atoms with Crippen molar-refractivity contribution in [2.75, 3.05) is 0 Å². The molecule has 0 aliphatic heterocycles. The van der Waals surface area contributed by atoms with Gasteiger partial charge >= 0.3 is 12.4 Å². The third kappa shape index (κ3) is 4.26. The second-order valence-corrected chi connectivity index (χ2v) is 4.15. The first-order valence-electron chi connectivity index (χ1n) is 5.35. The molecule has 10 heteroatoms. The molecule has 1 nitrogen and oxygen atoms in total. The zero-order valence-corrected chi connectivity index (χ0v) is 10.00. The highest BCUT2D eigenvalue weighted by Crippen LogP contribution is 2.40. The number of halogens is 9. The number of hydrogen-bond acceptors (Lipinski definition) is 1. The third-order valence-corrected chi connectivity index (χ3v) is 2.57. The van der Waals surface area contributed by atoms with Crippen molar-refractivity contribution in [2.24, 2.45) is 5.73 Å². The van der Waals surface area contributed by atoms with E-state index in [0.29, 0.717) is 0 Å². The van der Waals surface area contributed by atoms with Gasteiger partial charge < -0.3 is 5.73 Å². The molecule has 0 aliphatic carbocycles. The fourth-order valence-corrected chi connectivity index (χ4v) is 1.70. The van der Waals surface area contributed by atoms with Crippen molar-refractivity contribution in [3.63, 3.8) is 0 Å². The summed E-state index contributed by atoms with van der Waals surface area (Å²) >= 11 is 0. The maximum Gasteiger partial charge on any atom is 0.416 e. The molecule has 0 bridgehead atoms. The summed E-state index contributed by atoms with van der Waals surface area (Å²) in [4.78, 5) is 0. The zero-order chi connectivity index (χ0) is 16.6. The number of alkyl halides is 8. The largest absolute Gasteiger partial charge is 0.416 e. The van der Waals surface area contributed by atoms with Crippen LogP contribution in [0.25, 0.3) is 0 Å². The van der Waals surface area contributed by atoms with Gasteiger partial charge in [-0.3, -0.25) is 0 Å². The second-order valence-electron chi connectivity index (χ2n) is 4.15. The van der Waals surface area contributed by atoms with Gasteiger partial charge in [0.1, 0.15) is 5.82 Å². The summed E-state index contributed by atoms with van der Waals surface area (Å²) in [7, 11) is 0. The summed E-state index contributed by atoms with van der Waals surface area (Å²) in [6, 6.07) is -2.62. The first-order chi connectivity index (χ1) is 9.34. The van der Waals surface area contributed by atoms with E-state index in [0.717, 1.165) is 0 Å².